The molecule has 2 aromatic carbocycles. The van der Waals surface area contributed by atoms with E-state index in [9.17, 15) is 24.9 Å². The highest BCUT2D eigenvalue weighted by Gasteiger charge is 2.54. The van der Waals surface area contributed by atoms with E-state index >= 15 is 0 Å². The van der Waals surface area contributed by atoms with Gasteiger partial charge in [-0.25, -0.2) is 4.79 Å². The predicted octanol–water partition coefficient (Wildman–Crippen LogP) is 7.56. The lowest BCUT2D eigenvalue weighted by molar-refractivity contribution is -0.313. The first-order valence-corrected chi connectivity index (χ1v) is 26.4. The number of rotatable bonds is 11. The molecule has 3 fully saturated rings. The number of carbonyl (C=O) groups is 2. The summed E-state index contributed by atoms with van der Waals surface area (Å²) in [5, 5.41) is 36.9. The number of carbonyl (C=O) groups excluding carboxylic acids is 2. The molecule has 3 aliphatic heterocycles. The number of cyclic esters (lactones) is 1. The molecule has 16 nitrogen and oxygen atoms in total. The van der Waals surface area contributed by atoms with E-state index in [-0.39, 0.29) is 50.0 Å². The van der Waals surface area contributed by atoms with Gasteiger partial charge >= 0.3 is 12.1 Å². The smallest absolute Gasteiger partial charge is 0.459 e. The highest BCUT2D eigenvalue weighted by molar-refractivity contribution is 5.79. The second kappa shape index (κ2) is 23.1. The van der Waals surface area contributed by atoms with E-state index in [1.807, 2.05) is 121 Å². The second-order valence-corrected chi connectivity index (χ2v) is 22.7. The standard InChI is InChI=1S/C57H85N3O13/c1-15-45-57(10,65)50(61)33(2)31-59(13)34(3)29-55(8,64)51(36(5)47(37(6)52(62)70-45)71-46-30-56(9,66-14)49(38(7)69-46)60-26-20-21-27-60)73-53-48(44(58(11)12)28-35(4)68-53)72-54(63)67-32-43-41-24-18-16-22-39(41)40-23-17-19-25-42(40)43/h16-27,33-38,43-51,53,61,64-65H,15,28-32H2,1-14H3/t33-,34+,35+,36-,37+,38-,44-,45+,46-,47-,48+,49-,50+,51+,53-,55+,56+,57+/m0/s1. The number of aliphatic hydroxyl groups is 3. The average Bonchev–Trinajstić information content (AvgIpc) is 3.99. The Labute approximate surface area is 433 Å². The molecule has 4 aliphatic rings. The van der Waals surface area contributed by atoms with E-state index in [2.05, 4.69) is 28.8 Å². The quantitative estimate of drug-likeness (QED) is 0.160. The van der Waals surface area contributed by atoms with Crippen molar-refractivity contribution in [2.75, 3.05) is 41.4 Å². The van der Waals surface area contributed by atoms with Gasteiger partial charge in [0.05, 0.1) is 59.7 Å². The Hall–Kier alpha value is -3.94. The van der Waals surface area contributed by atoms with E-state index in [1.165, 1.54) is 6.92 Å². The third-order valence-electron chi connectivity index (χ3n) is 16.8. The number of fused-ring (bicyclic) bond motifs is 3. The van der Waals surface area contributed by atoms with Crippen LogP contribution in [0.5, 0.6) is 0 Å². The molecule has 1 aromatic heterocycles. The third kappa shape index (κ3) is 12.0. The Morgan fingerprint density at radius 1 is 0.863 bits per heavy atom. The van der Waals surface area contributed by atoms with Crippen LogP contribution in [-0.2, 0) is 42.7 Å². The molecule has 1 aliphatic carbocycles. The van der Waals surface area contributed by atoms with Crippen molar-refractivity contribution in [2.24, 2.45) is 17.8 Å². The molecule has 0 spiro atoms. The first kappa shape index (κ1) is 56.8. The number of hydrogen-bond acceptors (Lipinski definition) is 15. The molecular formula is C57H85N3O13. The van der Waals surface area contributed by atoms with Gasteiger partial charge in [0.25, 0.3) is 0 Å². The molecule has 16 heteroatoms. The van der Waals surface area contributed by atoms with Crippen molar-refractivity contribution >= 4 is 12.1 Å². The molecule has 18 atom stereocenters. The van der Waals surface area contributed by atoms with Gasteiger partial charge in [-0.05, 0) is 129 Å². The Morgan fingerprint density at radius 3 is 2.07 bits per heavy atom. The van der Waals surface area contributed by atoms with Crippen LogP contribution in [0.2, 0.25) is 0 Å². The molecule has 0 unspecified atom stereocenters. The van der Waals surface area contributed by atoms with Crippen LogP contribution in [-0.4, -0.2) is 167 Å². The van der Waals surface area contributed by atoms with Gasteiger partial charge < -0.3 is 67.6 Å². The molecule has 0 saturated carbocycles. The van der Waals surface area contributed by atoms with Gasteiger partial charge in [0.15, 0.2) is 18.7 Å². The topological polar surface area (TPSA) is 180 Å². The molecule has 3 N–H and O–H groups in total. The number of nitrogens with zero attached hydrogens (tertiary/aromatic N) is 3. The van der Waals surface area contributed by atoms with Gasteiger partial charge in [0.1, 0.15) is 18.3 Å². The normalized spacial score (nSPS) is 39.2. The zero-order valence-corrected chi connectivity index (χ0v) is 45.7. The molecule has 73 heavy (non-hydrogen) atoms. The number of likely N-dealkylation sites (N-methyl/N-ethyl adjacent to an activating group) is 1. The molecule has 0 radical (unpaired) electrons. The number of aromatic nitrogens is 1. The summed E-state index contributed by atoms with van der Waals surface area (Å²) in [7, 11) is 7.38. The monoisotopic (exact) mass is 1020 g/mol. The summed E-state index contributed by atoms with van der Waals surface area (Å²) in [4.78, 5) is 32.9. The largest absolute Gasteiger partial charge is 0.508 e. The van der Waals surface area contributed by atoms with Crippen LogP contribution in [0.15, 0.2) is 73.1 Å². The average molecular weight is 1020 g/mol. The molecule has 0 bridgehead atoms. The number of benzene rings is 2. The summed E-state index contributed by atoms with van der Waals surface area (Å²) in [5.74, 6) is -3.23. The van der Waals surface area contributed by atoms with Gasteiger partial charge in [-0.1, -0.05) is 69.3 Å². The first-order valence-electron chi connectivity index (χ1n) is 26.4. The van der Waals surface area contributed by atoms with Crippen molar-refractivity contribution in [3.05, 3.63) is 84.2 Å². The minimum Gasteiger partial charge on any atom is -0.459 e. The minimum atomic E-state index is -1.82. The second-order valence-electron chi connectivity index (χ2n) is 22.7. The maximum atomic E-state index is 14.8. The third-order valence-corrected chi connectivity index (χ3v) is 16.8. The Bertz CT molecular complexity index is 2250. The Balaban J connectivity index is 1.25. The Morgan fingerprint density at radius 2 is 1.48 bits per heavy atom. The summed E-state index contributed by atoms with van der Waals surface area (Å²) in [6.07, 6.45) is -4.34. The van der Waals surface area contributed by atoms with Crippen molar-refractivity contribution in [1.29, 1.82) is 0 Å². The van der Waals surface area contributed by atoms with Crippen LogP contribution < -0.4 is 0 Å². The maximum Gasteiger partial charge on any atom is 0.508 e. The molecule has 0 amide bonds. The highest BCUT2D eigenvalue weighted by atomic mass is 16.8. The van der Waals surface area contributed by atoms with Gasteiger partial charge in [-0.2, -0.15) is 0 Å². The molecule has 3 aromatic rings. The SMILES string of the molecule is CC[C@H]1OC(=O)[C@H](C)[C@@H](O[C@H]2C[C@@](C)(OC)[C@@H](n3cccc3)[C@H](C)O2)[C@H](C)[C@@H](O[C@@H]2O[C@H](C)C[C@H](N(C)C)[C@H]2OC(=O)OCC2c3ccccc3-c3ccccc32)[C@](C)(O)C[C@@H](C)N(C)C[C@H](C)[C@@H](O)[C@]1(C)O. The molecule has 4 heterocycles. The molecule has 406 valence electrons. The summed E-state index contributed by atoms with van der Waals surface area (Å²) in [6, 6.07) is 19.2. The maximum absolute atomic E-state index is 14.8. The van der Waals surface area contributed by atoms with Crippen LogP contribution >= 0.6 is 0 Å². The molecule has 3 saturated heterocycles. The van der Waals surface area contributed by atoms with Crippen LogP contribution in [0.25, 0.3) is 11.1 Å². The first-order chi connectivity index (χ1) is 34.4. The summed E-state index contributed by atoms with van der Waals surface area (Å²) < 4.78 is 54.5. The minimum absolute atomic E-state index is 0.0435. The number of ether oxygens (including phenoxy) is 8. The fraction of sp³-hybridized carbons (Fsp3) is 0.684. The number of esters is 1. The number of aliphatic hydroxyl groups excluding tert-OH is 1. The fourth-order valence-electron chi connectivity index (χ4n) is 12.6. The van der Waals surface area contributed by atoms with Gasteiger partial charge in [0.2, 0.25) is 0 Å². The zero-order chi connectivity index (χ0) is 53.3. The lowest BCUT2D eigenvalue weighted by atomic mass is 9.78. The number of methoxy groups -OCH3 is 1. The van der Waals surface area contributed by atoms with E-state index in [0.717, 1.165) is 22.3 Å². The van der Waals surface area contributed by atoms with Crippen molar-refractivity contribution in [2.45, 2.75) is 191 Å². The zero-order valence-electron chi connectivity index (χ0n) is 45.7. The lowest BCUT2D eigenvalue weighted by Gasteiger charge is -2.50. The van der Waals surface area contributed by atoms with E-state index in [0.29, 0.717) is 13.0 Å². The van der Waals surface area contributed by atoms with Crippen molar-refractivity contribution in [1.82, 2.24) is 14.4 Å². The van der Waals surface area contributed by atoms with Crippen molar-refractivity contribution < 1.29 is 62.8 Å². The van der Waals surface area contributed by atoms with Gasteiger partial charge in [-0.3, -0.25) is 4.79 Å². The van der Waals surface area contributed by atoms with E-state index < -0.39 is 102 Å². The molecule has 7 rings (SSSR count). The predicted molar refractivity (Wildman–Crippen MR) is 276 cm³/mol. The lowest BCUT2D eigenvalue weighted by Crippen LogP contribution is -2.61. The molecular weight excluding hydrogens is 935 g/mol. The van der Waals surface area contributed by atoms with E-state index in [1.54, 1.807) is 27.9 Å². The van der Waals surface area contributed by atoms with Crippen LogP contribution in [0.3, 0.4) is 0 Å². The summed E-state index contributed by atoms with van der Waals surface area (Å²) in [6.45, 7) is 18.7. The van der Waals surface area contributed by atoms with Crippen LogP contribution in [0.4, 0.5) is 4.79 Å². The summed E-state index contributed by atoms with van der Waals surface area (Å²) >= 11 is 0. The number of hydrogen-bond donors (Lipinski definition) is 3. The van der Waals surface area contributed by atoms with Crippen LogP contribution in [0, 0.1) is 17.8 Å². The Kier molecular flexibility index (Phi) is 18.0. The summed E-state index contributed by atoms with van der Waals surface area (Å²) in [5.41, 5.74) is 0.0543. The van der Waals surface area contributed by atoms with Gasteiger partial charge in [0, 0.05) is 50.3 Å². The van der Waals surface area contributed by atoms with Gasteiger partial charge in [-0.15, -0.1) is 0 Å². The van der Waals surface area contributed by atoms with Crippen molar-refractivity contribution in [3.63, 3.8) is 0 Å². The van der Waals surface area contributed by atoms with Crippen molar-refractivity contribution in [3.8, 4) is 11.1 Å². The van der Waals surface area contributed by atoms with Crippen LogP contribution in [0.1, 0.15) is 118 Å². The fourth-order valence-corrected chi connectivity index (χ4v) is 12.6. The highest BCUT2D eigenvalue weighted by Crippen LogP contribution is 2.46. The van der Waals surface area contributed by atoms with E-state index in [4.69, 9.17) is 37.9 Å².